The monoisotopic (exact) mass is 574 g/mol. The molecule has 6 nitrogen and oxygen atoms in total. The van der Waals surface area contributed by atoms with E-state index in [9.17, 15) is 27.6 Å². The molecule has 4 aromatic rings. The lowest BCUT2D eigenvalue weighted by atomic mass is 10.0. The van der Waals surface area contributed by atoms with Gasteiger partial charge in [-0.05, 0) is 64.9 Å². The maximum Gasteiger partial charge on any atom is 0.416 e. The van der Waals surface area contributed by atoms with Crippen molar-refractivity contribution < 1.29 is 32.7 Å². The fourth-order valence-electron chi connectivity index (χ4n) is 4.39. The molecule has 4 rings (SSSR count). The Bertz CT molecular complexity index is 1500. The van der Waals surface area contributed by atoms with E-state index in [0.717, 1.165) is 34.4 Å². The van der Waals surface area contributed by atoms with Gasteiger partial charge in [-0.3, -0.25) is 14.4 Å². The summed E-state index contributed by atoms with van der Waals surface area (Å²) in [5.41, 5.74) is 3.85. The van der Waals surface area contributed by atoms with Crippen LogP contribution in [0.4, 0.5) is 13.2 Å². The number of hydrogen-bond donors (Lipinski definition) is 3. The van der Waals surface area contributed by atoms with Crippen LogP contribution in [0.1, 0.15) is 34.3 Å². The first kappa shape index (κ1) is 30.0. The molecule has 0 aliphatic heterocycles. The Morgan fingerprint density at radius 1 is 0.714 bits per heavy atom. The number of alkyl halides is 3. The van der Waals surface area contributed by atoms with Crippen molar-refractivity contribution in [2.24, 2.45) is 0 Å². The van der Waals surface area contributed by atoms with Crippen molar-refractivity contribution in [1.82, 2.24) is 10.6 Å². The summed E-state index contributed by atoms with van der Waals surface area (Å²) < 4.78 is 38.4. The van der Waals surface area contributed by atoms with Crippen LogP contribution in [-0.4, -0.2) is 35.5 Å². The van der Waals surface area contributed by atoms with E-state index in [4.69, 9.17) is 5.11 Å². The predicted molar refractivity (Wildman–Crippen MR) is 154 cm³/mol. The quantitative estimate of drug-likeness (QED) is 0.194. The summed E-state index contributed by atoms with van der Waals surface area (Å²) in [6.45, 7) is 0.240. The Kier molecular flexibility index (Phi) is 9.75. The standard InChI is InChI=1S/C33H29F3N2O4/c34-33(35,36)28-16-14-26(15-17-28)24-8-6-22(7-9-24)20-21-37-32(42)29(18-19-30(39)40)38-31(41)27-12-10-25(11-13-27)23-4-2-1-3-5-23/h1-17,29H,18-21H2,(H,37,42)(H,38,41)(H,39,40)/t29-/m0/s1. The second-order valence-corrected chi connectivity index (χ2v) is 9.71. The predicted octanol–water partition coefficient (Wildman–Crippen LogP) is 6.36. The highest BCUT2D eigenvalue weighted by atomic mass is 19.4. The molecule has 0 saturated heterocycles. The lowest BCUT2D eigenvalue weighted by molar-refractivity contribution is -0.138. The molecule has 3 N–H and O–H groups in total. The Morgan fingerprint density at radius 2 is 1.24 bits per heavy atom. The van der Waals surface area contributed by atoms with Crippen LogP contribution in [-0.2, 0) is 22.2 Å². The van der Waals surface area contributed by atoms with Crippen LogP contribution in [0, 0.1) is 0 Å². The van der Waals surface area contributed by atoms with Gasteiger partial charge in [0, 0.05) is 18.5 Å². The van der Waals surface area contributed by atoms with Crippen molar-refractivity contribution in [3.05, 3.63) is 120 Å². The van der Waals surface area contributed by atoms with E-state index < -0.39 is 35.6 Å². The molecule has 1 atom stereocenters. The summed E-state index contributed by atoms with van der Waals surface area (Å²) in [5, 5.41) is 14.5. The van der Waals surface area contributed by atoms with Crippen LogP contribution in [0.2, 0.25) is 0 Å². The average Bonchev–Trinajstić information content (AvgIpc) is 2.99. The van der Waals surface area contributed by atoms with E-state index in [0.29, 0.717) is 17.5 Å². The maximum absolute atomic E-state index is 12.9. The molecular weight excluding hydrogens is 545 g/mol. The van der Waals surface area contributed by atoms with Crippen LogP contribution in [0.5, 0.6) is 0 Å². The molecule has 216 valence electrons. The zero-order valence-electron chi connectivity index (χ0n) is 22.5. The topological polar surface area (TPSA) is 95.5 Å². The highest BCUT2D eigenvalue weighted by Crippen LogP contribution is 2.31. The van der Waals surface area contributed by atoms with Gasteiger partial charge in [0.05, 0.1) is 5.56 Å². The number of hydrogen-bond acceptors (Lipinski definition) is 3. The largest absolute Gasteiger partial charge is 0.481 e. The van der Waals surface area contributed by atoms with Gasteiger partial charge < -0.3 is 15.7 Å². The zero-order chi connectivity index (χ0) is 30.1. The molecule has 0 unspecified atom stereocenters. The molecular formula is C33H29F3N2O4. The van der Waals surface area contributed by atoms with Gasteiger partial charge in [0.2, 0.25) is 5.91 Å². The minimum atomic E-state index is -4.39. The molecule has 0 aromatic heterocycles. The molecule has 9 heteroatoms. The summed E-state index contributed by atoms with van der Waals surface area (Å²) in [6.07, 6.45) is -4.30. The van der Waals surface area contributed by atoms with E-state index in [2.05, 4.69) is 10.6 Å². The lowest BCUT2D eigenvalue weighted by Gasteiger charge is -2.18. The van der Waals surface area contributed by atoms with Gasteiger partial charge in [0.1, 0.15) is 6.04 Å². The molecule has 2 amide bonds. The Morgan fingerprint density at radius 3 is 1.79 bits per heavy atom. The number of amides is 2. The number of carboxylic acids is 1. The van der Waals surface area contributed by atoms with Crippen molar-refractivity contribution in [3.63, 3.8) is 0 Å². The number of aliphatic carboxylic acids is 1. The molecule has 0 saturated carbocycles. The third kappa shape index (κ3) is 8.30. The Labute approximate surface area is 241 Å². The molecule has 0 bridgehead atoms. The third-order valence-electron chi connectivity index (χ3n) is 6.74. The SMILES string of the molecule is O=C(O)CC[C@H](NC(=O)c1ccc(-c2ccccc2)cc1)C(=O)NCCc1ccc(-c2ccc(C(F)(F)F)cc2)cc1. The molecule has 0 fully saturated rings. The minimum Gasteiger partial charge on any atom is -0.481 e. The van der Waals surface area contributed by atoms with Crippen molar-refractivity contribution in [3.8, 4) is 22.3 Å². The Hall–Kier alpha value is -4.92. The first-order valence-electron chi connectivity index (χ1n) is 13.3. The number of carbonyl (C=O) groups excluding carboxylic acids is 2. The van der Waals surface area contributed by atoms with Crippen molar-refractivity contribution >= 4 is 17.8 Å². The fraction of sp³-hybridized carbons (Fsp3) is 0.182. The van der Waals surface area contributed by atoms with E-state index in [1.165, 1.54) is 12.1 Å². The van der Waals surface area contributed by atoms with Crippen molar-refractivity contribution in [1.29, 1.82) is 0 Å². The van der Waals surface area contributed by atoms with Crippen LogP contribution in [0.15, 0.2) is 103 Å². The van der Waals surface area contributed by atoms with Gasteiger partial charge in [0.25, 0.3) is 5.91 Å². The third-order valence-corrected chi connectivity index (χ3v) is 6.74. The van der Waals surface area contributed by atoms with Gasteiger partial charge in [-0.15, -0.1) is 0 Å². The second-order valence-electron chi connectivity index (χ2n) is 9.71. The molecule has 42 heavy (non-hydrogen) atoms. The maximum atomic E-state index is 12.9. The van der Waals surface area contributed by atoms with Crippen LogP contribution in [0.25, 0.3) is 22.3 Å². The lowest BCUT2D eigenvalue weighted by Crippen LogP contribution is -2.47. The summed E-state index contributed by atoms with van der Waals surface area (Å²) in [6, 6.07) is 27.7. The molecule has 0 aliphatic carbocycles. The summed E-state index contributed by atoms with van der Waals surface area (Å²) in [5.74, 6) is -2.06. The number of benzene rings is 4. The molecule has 0 radical (unpaired) electrons. The van der Waals surface area contributed by atoms with Crippen LogP contribution in [0.3, 0.4) is 0 Å². The summed E-state index contributed by atoms with van der Waals surface area (Å²) in [4.78, 5) is 36.9. The van der Waals surface area contributed by atoms with Crippen LogP contribution >= 0.6 is 0 Å². The first-order chi connectivity index (χ1) is 20.1. The van der Waals surface area contributed by atoms with Gasteiger partial charge in [-0.1, -0.05) is 78.9 Å². The molecule has 0 aliphatic rings. The van der Waals surface area contributed by atoms with E-state index in [1.54, 1.807) is 36.4 Å². The van der Waals surface area contributed by atoms with Crippen molar-refractivity contribution in [2.45, 2.75) is 31.5 Å². The molecule has 0 heterocycles. The van der Waals surface area contributed by atoms with Crippen molar-refractivity contribution in [2.75, 3.05) is 6.54 Å². The average molecular weight is 575 g/mol. The highest BCUT2D eigenvalue weighted by molar-refractivity contribution is 5.98. The van der Waals surface area contributed by atoms with Gasteiger partial charge >= 0.3 is 12.1 Å². The molecule has 0 spiro atoms. The van der Waals surface area contributed by atoms with E-state index in [1.807, 2.05) is 42.5 Å². The van der Waals surface area contributed by atoms with Crippen LogP contribution < -0.4 is 10.6 Å². The Balaban J connectivity index is 1.32. The first-order valence-corrected chi connectivity index (χ1v) is 13.3. The van der Waals surface area contributed by atoms with Gasteiger partial charge in [-0.25, -0.2) is 0 Å². The minimum absolute atomic E-state index is 0.0726. The number of carbonyl (C=O) groups is 3. The number of rotatable bonds is 11. The highest BCUT2D eigenvalue weighted by Gasteiger charge is 2.30. The fourth-order valence-corrected chi connectivity index (χ4v) is 4.39. The van der Waals surface area contributed by atoms with E-state index >= 15 is 0 Å². The number of halogens is 3. The second kappa shape index (κ2) is 13.6. The van der Waals surface area contributed by atoms with Gasteiger partial charge in [0.15, 0.2) is 0 Å². The summed E-state index contributed by atoms with van der Waals surface area (Å²) >= 11 is 0. The van der Waals surface area contributed by atoms with Gasteiger partial charge in [-0.2, -0.15) is 13.2 Å². The number of nitrogens with one attached hydrogen (secondary N) is 2. The van der Waals surface area contributed by atoms with E-state index in [-0.39, 0.29) is 19.4 Å². The normalized spacial score (nSPS) is 11.9. The summed E-state index contributed by atoms with van der Waals surface area (Å²) in [7, 11) is 0. The number of carboxylic acid groups (broad SMARTS) is 1. The molecule has 4 aromatic carbocycles. The zero-order valence-corrected chi connectivity index (χ0v) is 22.5. The smallest absolute Gasteiger partial charge is 0.416 e.